The second-order valence-corrected chi connectivity index (χ2v) is 5.34. The van der Waals surface area contributed by atoms with Crippen molar-refractivity contribution in [3.05, 3.63) is 17.5 Å². The van der Waals surface area contributed by atoms with Gasteiger partial charge < -0.3 is 10.3 Å². The van der Waals surface area contributed by atoms with Crippen LogP contribution in [0, 0.1) is 12.8 Å². The summed E-state index contributed by atoms with van der Waals surface area (Å²) in [6, 6.07) is 2.65. The van der Waals surface area contributed by atoms with Crippen molar-refractivity contribution >= 4 is 0 Å². The zero-order chi connectivity index (χ0) is 13.0. The lowest BCUT2D eigenvalue weighted by atomic mass is 9.83. The lowest BCUT2D eigenvalue weighted by Crippen LogP contribution is -2.44. The van der Waals surface area contributed by atoms with E-state index in [1.54, 1.807) is 0 Å². The van der Waals surface area contributed by atoms with E-state index >= 15 is 0 Å². The van der Waals surface area contributed by atoms with E-state index in [4.69, 9.17) is 10.3 Å². The molecule has 1 aliphatic rings. The summed E-state index contributed by atoms with van der Waals surface area (Å²) < 4.78 is 5.15. The number of aryl methyl sites for hydroxylation is 1. The molecule has 0 spiro atoms. The van der Waals surface area contributed by atoms with Gasteiger partial charge in [0.15, 0.2) is 0 Å². The summed E-state index contributed by atoms with van der Waals surface area (Å²) in [6.07, 6.45) is 5.20. The van der Waals surface area contributed by atoms with E-state index in [9.17, 15) is 0 Å². The molecule has 1 heterocycles. The number of hydrogen-bond donors (Lipinski definition) is 1. The van der Waals surface area contributed by atoms with Crippen LogP contribution in [0.3, 0.4) is 0 Å². The smallest absolute Gasteiger partial charge is 0.133 e. The van der Waals surface area contributed by atoms with Crippen LogP contribution in [0.2, 0.25) is 0 Å². The Morgan fingerprint density at radius 2 is 2.22 bits per heavy atom. The molecule has 0 radical (unpaired) electrons. The highest BCUT2D eigenvalue weighted by Gasteiger charge is 2.28. The molecule has 0 amide bonds. The van der Waals surface area contributed by atoms with Crippen molar-refractivity contribution in [2.24, 2.45) is 11.7 Å². The predicted molar refractivity (Wildman–Crippen MR) is 72.1 cm³/mol. The van der Waals surface area contributed by atoms with E-state index in [2.05, 4.69) is 17.0 Å². The highest BCUT2D eigenvalue weighted by Crippen LogP contribution is 2.28. The van der Waals surface area contributed by atoms with E-state index in [-0.39, 0.29) is 0 Å². The Bertz CT molecular complexity index is 364. The highest BCUT2D eigenvalue weighted by molar-refractivity contribution is 5.04. The van der Waals surface area contributed by atoms with Gasteiger partial charge in [0.05, 0.1) is 5.69 Å². The Kier molecular flexibility index (Phi) is 4.78. The molecule has 1 aromatic heterocycles. The molecule has 1 aliphatic carbocycles. The molecule has 2 unspecified atom stereocenters. The van der Waals surface area contributed by atoms with Gasteiger partial charge in [0, 0.05) is 18.7 Å². The zero-order valence-corrected chi connectivity index (χ0v) is 11.6. The molecule has 18 heavy (non-hydrogen) atoms. The summed E-state index contributed by atoms with van der Waals surface area (Å²) in [5, 5.41) is 4.10. The Hall–Kier alpha value is -0.870. The van der Waals surface area contributed by atoms with Crippen molar-refractivity contribution in [3.8, 4) is 0 Å². The summed E-state index contributed by atoms with van der Waals surface area (Å²) >= 11 is 0. The van der Waals surface area contributed by atoms with Gasteiger partial charge in [-0.2, -0.15) is 0 Å². The van der Waals surface area contributed by atoms with Crippen LogP contribution in [-0.4, -0.2) is 29.2 Å². The van der Waals surface area contributed by atoms with Crippen molar-refractivity contribution in [2.45, 2.75) is 52.1 Å². The normalized spacial score (nSPS) is 24.7. The van der Waals surface area contributed by atoms with Crippen LogP contribution in [-0.2, 0) is 6.54 Å². The van der Waals surface area contributed by atoms with Gasteiger partial charge in [0.1, 0.15) is 5.76 Å². The Balaban J connectivity index is 2.02. The molecule has 2 rings (SSSR count). The maximum absolute atomic E-state index is 5.92. The lowest BCUT2D eigenvalue weighted by Gasteiger charge is -2.38. The molecule has 2 N–H and O–H groups in total. The minimum atomic E-state index is 0.616. The van der Waals surface area contributed by atoms with Gasteiger partial charge >= 0.3 is 0 Å². The van der Waals surface area contributed by atoms with Crippen molar-refractivity contribution in [1.29, 1.82) is 0 Å². The maximum atomic E-state index is 5.92. The first-order valence-electron chi connectivity index (χ1n) is 7.11. The van der Waals surface area contributed by atoms with Crippen molar-refractivity contribution in [2.75, 3.05) is 13.1 Å². The van der Waals surface area contributed by atoms with Gasteiger partial charge in [-0.25, -0.2) is 0 Å². The van der Waals surface area contributed by atoms with Crippen LogP contribution in [0.5, 0.6) is 0 Å². The molecule has 0 aliphatic heterocycles. The number of rotatable bonds is 5. The molecule has 0 bridgehead atoms. The van der Waals surface area contributed by atoms with Gasteiger partial charge in [0.2, 0.25) is 0 Å². The Morgan fingerprint density at radius 3 is 2.83 bits per heavy atom. The number of nitrogens with zero attached hydrogens (tertiary/aromatic N) is 2. The monoisotopic (exact) mass is 251 g/mol. The largest absolute Gasteiger partial charge is 0.361 e. The number of hydrogen-bond acceptors (Lipinski definition) is 4. The van der Waals surface area contributed by atoms with Crippen LogP contribution < -0.4 is 5.73 Å². The molecule has 102 valence electrons. The van der Waals surface area contributed by atoms with Crippen LogP contribution >= 0.6 is 0 Å². The topological polar surface area (TPSA) is 55.3 Å². The van der Waals surface area contributed by atoms with Gasteiger partial charge in [0.25, 0.3) is 0 Å². The second kappa shape index (κ2) is 6.34. The van der Waals surface area contributed by atoms with E-state index in [1.165, 1.54) is 25.7 Å². The fourth-order valence-electron chi connectivity index (χ4n) is 3.11. The minimum Gasteiger partial charge on any atom is -0.361 e. The summed E-state index contributed by atoms with van der Waals surface area (Å²) in [7, 11) is 0. The second-order valence-electron chi connectivity index (χ2n) is 5.34. The van der Waals surface area contributed by atoms with Gasteiger partial charge in [-0.1, -0.05) is 24.9 Å². The Morgan fingerprint density at radius 1 is 1.44 bits per heavy atom. The van der Waals surface area contributed by atoms with E-state index in [0.717, 1.165) is 31.1 Å². The number of nitrogens with two attached hydrogens (primary N) is 1. The molecule has 0 aromatic carbocycles. The first-order chi connectivity index (χ1) is 8.74. The maximum Gasteiger partial charge on any atom is 0.133 e. The van der Waals surface area contributed by atoms with E-state index in [1.807, 2.05) is 13.0 Å². The third-order valence-corrected chi connectivity index (χ3v) is 4.09. The van der Waals surface area contributed by atoms with Gasteiger partial charge in [-0.05, 0) is 38.8 Å². The first-order valence-corrected chi connectivity index (χ1v) is 7.11. The molecule has 1 saturated carbocycles. The highest BCUT2D eigenvalue weighted by atomic mass is 16.5. The van der Waals surface area contributed by atoms with E-state index < -0.39 is 0 Å². The molecule has 1 aromatic rings. The minimum absolute atomic E-state index is 0.616. The lowest BCUT2D eigenvalue weighted by molar-refractivity contribution is 0.103. The van der Waals surface area contributed by atoms with Crippen LogP contribution in [0.25, 0.3) is 0 Å². The standard InChI is InChI=1S/C14H25N3O/c1-3-17(10-13-8-11(2)18-16-13)14-7-5-4-6-12(14)9-15/h8,12,14H,3-7,9-10,15H2,1-2H3. The first kappa shape index (κ1) is 13.6. The third kappa shape index (κ3) is 3.12. The van der Waals surface area contributed by atoms with E-state index in [0.29, 0.717) is 12.0 Å². The molecular weight excluding hydrogens is 226 g/mol. The quantitative estimate of drug-likeness (QED) is 0.872. The summed E-state index contributed by atoms with van der Waals surface area (Å²) in [5.74, 6) is 1.53. The average Bonchev–Trinajstić information content (AvgIpc) is 2.81. The van der Waals surface area contributed by atoms with Crippen molar-refractivity contribution in [3.63, 3.8) is 0 Å². The predicted octanol–water partition coefficient (Wildman–Crippen LogP) is 2.32. The zero-order valence-electron chi connectivity index (χ0n) is 11.6. The van der Waals surface area contributed by atoms with Crippen molar-refractivity contribution < 1.29 is 4.52 Å². The van der Waals surface area contributed by atoms with Crippen LogP contribution in [0.4, 0.5) is 0 Å². The molecule has 2 atom stereocenters. The Labute approximate surface area is 110 Å². The van der Waals surface area contributed by atoms with Crippen molar-refractivity contribution in [1.82, 2.24) is 10.1 Å². The average molecular weight is 251 g/mol. The molecule has 4 heteroatoms. The summed E-state index contributed by atoms with van der Waals surface area (Å²) in [5.41, 5.74) is 6.96. The fourth-order valence-corrected chi connectivity index (χ4v) is 3.11. The third-order valence-electron chi connectivity index (χ3n) is 4.09. The number of aromatic nitrogens is 1. The SMILES string of the molecule is CCN(Cc1cc(C)on1)C1CCCCC1CN. The fraction of sp³-hybridized carbons (Fsp3) is 0.786. The van der Waals surface area contributed by atoms with Gasteiger partial charge in [-0.3, -0.25) is 4.90 Å². The van der Waals surface area contributed by atoms with Gasteiger partial charge in [-0.15, -0.1) is 0 Å². The summed E-state index contributed by atoms with van der Waals surface area (Å²) in [6.45, 7) is 6.90. The molecule has 1 fully saturated rings. The van der Waals surface area contributed by atoms with Crippen LogP contribution in [0.1, 0.15) is 44.1 Å². The molecule has 0 saturated heterocycles. The van der Waals surface area contributed by atoms with Crippen LogP contribution in [0.15, 0.2) is 10.6 Å². The molecular formula is C14H25N3O. The molecule has 4 nitrogen and oxygen atoms in total. The summed E-state index contributed by atoms with van der Waals surface area (Å²) in [4.78, 5) is 2.51.